The Bertz CT molecular complexity index is 751. The molecule has 0 bridgehead atoms. The minimum Gasteiger partial charge on any atom is -0.302 e. The molecule has 3 heteroatoms. The van der Waals surface area contributed by atoms with E-state index in [-0.39, 0.29) is 5.92 Å². The number of pyridine rings is 1. The van der Waals surface area contributed by atoms with Crippen LogP contribution >= 0.6 is 0 Å². The molecule has 0 saturated carbocycles. The third-order valence-corrected chi connectivity index (χ3v) is 3.22. The molecule has 0 fully saturated rings. The highest BCUT2D eigenvalue weighted by atomic mass is 15.0. The van der Waals surface area contributed by atoms with Crippen molar-refractivity contribution in [3.8, 4) is 17.3 Å². The quantitative estimate of drug-likeness (QED) is 0.693. The normalized spacial score (nSPS) is 12.2. The Morgan fingerprint density at radius 3 is 2.58 bits per heavy atom. The summed E-state index contributed by atoms with van der Waals surface area (Å²) in [5.74, 6) is -0.201. The number of aromatic nitrogens is 2. The van der Waals surface area contributed by atoms with Gasteiger partial charge in [-0.1, -0.05) is 36.4 Å². The first-order chi connectivity index (χ1) is 9.31. The van der Waals surface area contributed by atoms with E-state index >= 15 is 0 Å². The second-order valence-electron chi connectivity index (χ2n) is 4.49. The lowest BCUT2D eigenvalue weighted by Gasteiger charge is -2.06. The van der Waals surface area contributed by atoms with Crippen LogP contribution in [0.3, 0.4) is 0 Å². The summed E-state index contributed by atoms with van der Waals surface area (Å²) < 4.78 is 2.00. The summed E-state index contributed by atoms with van der Waals surface area (Å²) in [7, 11) is 0. The third-order valence-electron chi connectivity index (χ3n) is 3.22. The zero-order valence-electron chi connectivity index (χ0n) is 10.6. The van der Waals surface area contributed by atoms with Crippen molar-refractivity contribution >= 4 is 5.65 Å². The zero-order chi connectivity index (χ0) is 13.2. The predicted octanol–water partition coefficient (Wildman–Crippen LogP) is 3.63. The average Bonchev–Trinajstić information content (AvgIpc) is 2.87. The molecule has 19 heavy (non-hydrogen) atoms. The molecule has 2 aromatic heterocycles. The van der Waals surface area contributed by atoms with Crippen molar-refractivity contribution in [1.29, 1.82) is 5.26 Å². The van der Waals surface area contributed by atoms with Gasteiger partial charge in [0.2, 0.25) is 0 Å². The Labute approximate surface area is 111 Å². The van der Waals surface area contributed by atoms with Crippen LogP contribution in [0.5, 0.6) is 0 Å². The largest absolute Gasteiger partial charge is 0.302 e. The van der Waals surface area contributed by atoms with Crippen LogP contribution in [0.15, 0.2) is 54.7 Å². The summed E-state index contributed by atoms with van der Waals surface area (Å²) >= 11 is 0. The second-order valence-corrected chi connectivity index (χ2v) is 4.49. The molecule has 0 aliphatic rings. The smallest absolute Gasteiger partial charge is 0.137 e. The zero-order valence-corrected chi connectivity index (χ0v) is 10.6. The summed E-state index contributed by atoms with van der Waals surface area (Å²) in [5.41, 5.74) is 3.76. The molecule has 0 amide bonds. The highest BCUT2D eigenvalue weighted by Crippen LogP contribution is 2.29. The van der Waals surface area contributed by atoms with Gasteiger partial charge in [0.05, 0.1) is 23.4 Å². The first-order valence-corrected chi connectivity index (χ1v) is 6.23. The van der Waals surface area contributed by atoms with E-state index in [0.29, 0.717) is 0 Å². The van der Waals surface area contributed by atoms with E-state index in [1.54, 1.807) is 0 Å². The molecule has 0 N–H and O–H groups in total. The molecule has 92 valence electrons. The first kappa shape index (κ1) is 11.5. The van der Waals surface area contributed by atoms with Gasteiger partial charge in [0.25, 0.3) is 0 Å². The van der Waals surface area contributed by atoms with Crippen LogP contribution in [0, 0.1) is 11.3 Å². The number of hydrogen-bond acceptors (Lipinski definition) is 2. The van der Waals surface area contributed by atoms with E-state index in [0.717, 1.165) is 22.6 Å². The Hall–Kier alpha value is -2.60. The van der Waals surface area contributed by atoms with Crippen LogP contribution in [0.1, 0.15) is 18.5 Å². The molecule has 1 unspecified atom stereocenters. The van der Waals surface area contributed by atoms with Crippen molar-refractivity contribution < 1.29 is 0 Å². The molecule has 0 aliphatic carbocycles. The predicted molar refractivity (Wildman–Crippen MR) is 74.7 cm³/mol. The van der Waals surface area contributed by atoms with Gasteiger partial charge >= 0.3 is 0 Å². The van der Waals surface area contributed by atoms with Crippen molar-refractivity contribution in [1.82, 2.24) is 9.38 Å². The standard InChI is InChI=1S/C16H13N3/c1-12(11-17)16-15(13-7-3-2-4-8-13)18-14-9-5-6-10-19(14)16/h2-10,12H,1H3. The van der Waals surface area contributed by atoms with Crippen molar-refractivity contribution in [3.05, 3.63) is 60.4 Å². The maximum Gasteiger partial charge on any atom is 0.137 e. The highest BCUT2D eigenvalue weighted by molar-refractivity contribution is 5.67. The molecule has 3 aromatic rings. The minimum absolute atomic E-state index is 0.201. The molecule has 2 heterocycles. The first-order valence-electron chi connectivity index (χ1n) is 6.23. The lowest BCUT2D eigenvalue weighted by molar-refractivity contribution is 0.900. The van der Waals surface area contributed by atoms with Crippen LogP contribution in [0.25, 0.3) is 16.9 Å². The van der Waals surface area contributed by atoms with E-state index in [1.807, 2.05) is 66.1 Å². The number of nitrogens with zero attached hydrogens (tertiary/aromatic N) is 3. The van der Waals surface area contributed by atoms with Crippen molar-refractivity contribution in [2.45, 2.75) is 12.8 Å². The van der Waals surface area contributed by atoms with Gasteiger partial charge in [-0.25, -0.2) is 4.98 Å². The number of benzene rings is 1. The molecular formula is C16H13N3. The van der Waals surface area contributed by atoms with Gasteiger partial charge in [-0.05, 0) is 19.1 Å². The molecular weight excluding hydrogens is 234 g/mol. The van der Waals surface area contributed by atoms with Crippen molar-refractivity contribution in [3.63, 3.8) is 0 Å². The maximum atomic E-state index is 9.25. The van der Waals surface area contributed by atoms with Gasteiger partial charge in [-0.3, -0.25) is 0 Å². The van der Waals surface area contributed by atoms with Crippen LogP contribution < -0.4 is 0 Å². The maximum absolute atomic E-state index is 9.25. The summed E-state index contributed by atoms with van der Waals surface area (Å²) in [6, 6.07) is 18.2. The summed E-state index contributed by atoms with van der Waals surface area (Å²) in [6.45, 7) is 1.91. The van der Waals surface area contributed by atoms with E-state index in [1.165, 1.54) is 0 Å². The molecule has 1 atom stereocenters. The van der Waals surface area contributed by atoms with Crippen molar-refractivity contribution in [2.24, 2.45) is 0 Å². The van der Waals surface area contributed by atoms with Gasteiger partial charge in [-0.15, -0.1) is 0 Å². The van der Waals surface area contributed by atoms with Gasteiger partial charge in [0.15, 0.2) is 0 Å². The average molecular weight is 247 g/mol. The lowest BCUT2D eigenvalue weighted by Crippen LogP contribution is -1.98. The van der Waals surface area contributed by atoms with Crippen LogP contribution in [0.2, 0.25) is 0 Å². The summed E-state index contributed by atoms with van der Waals surface area (Å²) in [4.78, 5) is 4.66. The Kier molecular flexibility index (Phi) is 2.77. The van der Waals surface area contributed by atoms with E-state index in [9.17, 15) is 5.26 Å². The molecule has 1 aromatic carbocycles. The summed E-state index contributed by atoms with van der Waals surface area (Å²) in [6.07, 6.45) is 1.96. The van der Waals surface area contributed by atoms with Crippen molar-refractivity contribution in [2.75, 3.05) is 0 Å². The number of fused-ring (bicyclic) bond motifs is 1. The number of rotatable bonds is 2. The fraction of sp³-hybridized carbons (Fsp3) is 0.125. The molecule has 0 aliphatic heterocycles. The fourth-order valence-electron chi connectivity index (χ4n) is 2.30. The molecule has 0 radical (unpaired) electrons. The van der Waals surface area contributed by atoms with Gasteiger partial charge in [-0.2, -0.15) is 5.26 Å². The molecule has 3 nitrogen and oxygen atoms in total. The van der Waals surface area contributed by atoms with Crippen LogP contribution in [-0.2, 0) is 0 Å². The Morgan fingerprint density at radius 2 is 1.84 bits per heavy atom. The number of hydrogen-bond donors (Lipinski definition) is 0. The monoisotopic (exact) mass is 247 g/mol. The summed E-state index contributed by atoms with van der Waals surface area (Å²) in [5, 5.41) is 9.25. The fourth-order valence-corrected chi connectivity index (χ4v) is 2.30. The Balaban J connectivity index is 2.33. The van der Waals surface area contributed by atoms with Crippen LogP contribution in [0.4, 0.5) is 0 Å². The SMILES string of the molecule is CC(C#N)c1c(-c2ccccc2)nc2ccccn12. The van der Waals surface area contributed by atoms with E-state index in [2.05, 4.69) is 11.1 Å². The van der Waals surface area contributed by atoms with Gasteiger partial charge in [0.1, 0.15) is 5.65 Å². The highest BCUT2D eigenvalue weighted by Gasteiger charge is 2.18. The van der Waals surface area contributed by atoms with Gasteiger partial charge < -0.3 is 4.40 Å². The lowest BCUT2D eigenvalue weighted by atomic mass is 10.0. The van der Waals surface area contributed by atoms with E-state index < -0.39 is 0 Å². The molecule has 0 saturated heterocycles. The number of nitriles is 1. The van der Waals surface area contributed by atoms with Crippen LogP contribution in [-0.4, -0.2) is 9.38 Å². The minimum atomic E-state index is -0.201. The van der Waals surface area contributed by atoms with E-state index in [4.69, 9.17) is 0 Å². The third kappa shape index (κ3) is 1.88. The topological polar surface area (TPSA) is 41.1 Å². The number of imidazole rings is 1. The molecule has 0 spiro atoms. The molecule has 3 rings (SSSR count). The Morgan fingerprint density at radius 1 is 1.11 bits per heavy atom. The van der Waals surface area contributed by atoms with Gasteiger partial charge in [0, 0.05) is 11.8 Å². The second kappa shape index (κ2) is 4.58.